The second-order valence-electron chi connectivity index (χ2n) is 7.37. The summed E-state index contributed by atoms with van der Waals surface area (Å²) in [5.74, 6) is -2.95. The fourth-order valence-corrected chi connectivity index (χ4v) is 3.46. The third kappa shape index (κ3) is 4.44. The van der Waals surface area contributed by atoms with E-state index < -0.39 is 36.3 Å². The highest BCUT2D eigenvalue weighted by molar-refractivity contribution is 6.45. The van der Waals surface area contributed by atoms with Crippen LogP contribution in [0.3, 0.4) is 0 Å². The van der Waals surface area contributed by atoms with E-state index in [4.69, 9.17) is 4.74 Å². The lowest BCUT2D eigenvalue weighted by Gasteiger charge is -2.20. The van der Waals surface area contributed by atoms with Crippen LogP contribution in [0.15, 0.2) is 24.3 Å². The van der Waals surface area contributed by atoms with E-state index in [1.165, 1.54) is 24.3 Å². The van der Waals surface area contributed by atoms with Gasteiger partial charge >= 0.3 is 23.8 Å². The second kappa shape index (κ2) is 8.42. The van der Waals surface area contributed by atoms with Crippen LogP contribution in [0.4, 0.5) is 10.5 Å². The van der Waals surface area contributed by atoms with Crippen LogP contribution in [0, 0.1) is 0 Å². The molecule has 1 saturated heterocycles. The minimum Gasteiger partial charge on any atom is -0.459 e. The highest BCUT2D eigenvalue weighted by atomic mass is 16.5. The molecule has 0 bridgehead atoms. The standard InChI is InChI=1S/C20H23N3O6/c1-12(2)29-19(27)13-7-9-14(10-8-13)21-16(24)11-22-17(25)18(26)23(20(22)28)15-5-3-4-6-15/h7-10,12,15H,3-6,11H2,1-2H3,(H,21,24). The maximum Gasteiger partial charge on any atom is 0.338 e. The van der Waals surface area contributed by atoms with Crippen LogP contribution in [0.2, 0.25) is 0 Å². The monoisotopic (exact) mass is 401 g/mol. The highest BCUT2D eigenvalue weighted by Crippen LogP contribution is 2.27. The summed E-state index contributed by atoms with van der Waals surface area (Å²) in [5.41, 5.74) is 0.716. The van der Waals surface area contributed by atoms with E-state index >= 15 is 0 Å². The summed E-state index contributed by atoms with van der Waals surface area (Å²) in [6, 6.07) is 5.01. The number of anilines is 1. The summed E-state index contributed by atoms with van der Waals surface area (Å²) in [4.78, 5) is 62.6. The molecule has 5 amide bonds. The van der Waals surface area contributed by atoms with Gasteiger partial charge in [-0.25, -0.2) is 14.5 Å². The van der Waals surface area contributed by atoms with E-state index in [0.29, 0.717) is 29.0 Å². The summed E-state index contributed by atoms with van der Waals surface area (Å²) in [5, 5.41) is 2.55. The lowest BCUT2D eigenvalue weighted by atomic mass is 10.2. The van der Waals surface area contributed by atoms with Crippen molar-refractivity contribution in [3.05, 3.63) is 29.8 Å². The zero-order valence-corrected chi connectivity index (χ0v) is 16.3. The van der Waals surface area contributed by atoms with Gasteiger partial charge in [0.2, 0.25) is 5.91 Å². The Morgan fingerprint density at radius 1 is 1.07 bits per heavy atom. The normalized spacial score (nSPS) is 17.4. The van der Waals surface area contributed by atoms with Gasteiger partial charge in [-0.05, 0) is 51.0 Å². The first-order valence-corrected chi connectivity index (χ1v) is 9.58. The van der Waals surface area contributed by atoms with Gasteiger partial charge in [-0.1, -0.05) is 12.8 Å². The summed E-state index contributed by atoms with van der Waals surface area (Å²) >= 11 is 0. The number of amides is 5. The molecule has 1 N–H and O–H groups in total. The van der Waals surface area contributed by atoms with Crippen LogP contribution in [0.5, 0.6) is 0 Å². The summed E-state index contributed by atoms with van der Waals surface area (Å²) in [6.45, 7) is 2.93. The van der Waals surface area contributed by atoms with Crippen molar-refractivity contribution in [2.45, 2.75) is 51.7 Å². The molecule has 1 aliphatic heterocycles. The Bertz CT molecular complexity index is 842. The first-order chi connectivity index (χ1) is 13.8. The Hall–Kier alpha value is -3.23. The predicted octanol–water partition coefficient (Wildman–Crippen LogP) is 1.92. The number of hydrogen-bond acceptors (Lipinski definition) is 6. The van der Waals surface area contributed by atoms with E-state index in [0.717, 1.165) is 17.7 Å². The van der Waals surface area contributed by atoms with E-state index in [1.54, 1.807) is 13.8 Å². The fourth-order valence-electron chi connectivity index (χ4n) is 3.46. The maximum absolute atomic E-state index is 12.5. The molecule has 0 spiro atoms. The molecular weight excluding hydrogens is 378 g/mol. The van der Waals surface area contributed by atoms with Crippen LogP contribution in [0.25, 0.3) is 0 Å². The van der Waals surface area contributed by atoms with Gasteiger partial charge in [0.05, 0.1) is 11.7 Å². The van der Waals surface area contributed by atoms with Crippen molar-refractivity contribution < 1.29 is 28.7 Å². The summed E-state index contributed by atoms with van der Waals surface area (Å²) < 4.78 is 5.09. The molecule has 3 rings (SSSR count). The second-order valence-corrected chi connectivity index (χ2v) is 7.37. The van der Waals surface area contributed by atoms with Gasteiger partial charge in [0.1, 0.15) is 6.54 Å². The number of nitrogens with one attached hydrogen (secondary N) is 1. The molecular formula is C20H23N3O6. The topological polar surface area (TPSA) is 113 Å². The number of ether oxygens (including phenoxy) is 1. The molecule has 0 unspecified atom stereocenters. The van der Waals surface area contributed by atoms with Gasteiger partial charge in [0.15, 0.2) is 0 Å². The zero-order valence-electron chi connectivity index (χ0n) is 16.3. The van der Waals surface area contributed by atoms with Gasteiger partial charge in [-0.15, -0.1) is 0 Å². The van der Waals surface area contributed by atoms with Crippen LogP contribution in [-0.2, 0) is 19.1 Å². The Morgan fingerprint density at radius 3 is 2.28 bits per heavy atom. The molecule has 2 fully saturated rings. The van der Waals surface area contributed by atoms with E-state index in [9.17, 15) is 24.0 Å². The molecule has 1 heterocycles. The Morgan fingerprint density at radius 2 is 1.69 bits per heavy atom. The molecule has 0 radical (unpaired) electrons. The number of hydrogen-bond donors (Lipinski definition) is 1. The first kappa shape index (κ1) is 20.5. The zero-order chi connectivity index (χ0) is 21.1. The third-order valence-corrected chi connectivity index (χ3v) is 4.82. The average molecular weight is 401 g/mol. The summed E-state index contributed by atoms with van der Waals surface area (Å²) in [6.07, 6.45) is 2.91. The lowest BCUT2D eigenvalue weighted by Crippen LogP contribution is -2.41. The van der Waals surface area contributed by atoms with Gasteiger partial charge in [0, 0.05) is 11.7 Å². The molecule has 29 heavy (non-hydrogen) atoms. The molecule has 1 aliphatic carbocycles. The minimum atomic E-state index is -0.983. The fraction of sp³-hybridized carbons (Fsp3) is 0.450. The molecule has 154 valence electrons. The van der Waals surface area contributed by atoms with Gasteiger partial charge in [0.25, 0.3) is 0 Å². The first-order valence-electron chi connectivity index (χ1n) is 9.58. The third-order valence-electron chi connectivity index (χ3n) is 4.82. The van der Waals surface area contributed by atoms with Crippen molar-refractivity contribution in [3.63, 3.8) is 0 Å². The molecule has 0 aromatic heterocycles. The lowest BCUT2D eigenvalue weighted by molar-refractivity contribution is -0.144. The number of benzene rings is 1. The molecule has 1 saturated carbocycles. The largest absolute Gasteiger partial charge is 0.459 e. The number of urea groups is 1. The van der Waals surface area contributed by atoms with Crippen molar-refractivity contribution in [3.8, 4) is 0 Å². The quantitative estimate of drug-likeness (QED) is 0.443. The number of carbonyl (C=O) groups excluding carboxylic acids is 5. The average Bonchev–Trinajstić information content (AvgIpc) is 3.25. The van der Waals surface area contributed by atoms with Crippen LogP contribution in [-0.4, -0.2) is 58.2 Å². The molecule has 1 aromatic carbocycles. The maximum atomic E-state index is 12.5. The van der Waals surface area contributed by atoms with Crippen molar-refractivity contribution in [2.24, 2.45) is 0 Å². The van der Waals surface area contributed by atoms with E-state index in [2.05, 4.69) is 5.32 Å². The number of imide groups is 2. The number of rotatable bonds is 6. The smallest absolute Gasteiger partial charge is 0.338 e. The molecule has 1 aromatic rings. The minimum absolute atomic E-state index is 0.246. The van der Waals surface area contributed by atoms with Crippen LogP contribution in [0.1, 0.15) is 49.9 Å². The Labute approximate surface area is 168 Å². The highest BCUT2D eigenvalue weighted by Gasteiger charge is 2.48. The van der Waals surface area contributed by atoms with Crippen LogP contribution < -0.4 is 5.32 Å². The molecule has 0 atom stereocenters. The van der Waals surface area contributed by atoms with Crippen molar-refractivity contribution in [2.75, 3.05) is 11.9 Å². The van der Waals surface area contributed by atoms with E-state index in [1.807, 2.05) is 0 Å². The van der Waals surface area contributed by atoms with Gasteiger partial charge < -0.3 is 10.1 Å². The molecule has 9 heteroatoms. The Balaban J connectivity index is 1.60. The van der Waals surface area contributed by atoms with Crippen LogP contribution >= 0.6 is 0 Å². The number of nitrogens with zero attached hydrogens (tertiary/aromatic N) is 2. The van der Waals surface area contributed by atoms with Crippen molar-refractivity contribution in [1.29, 1.82) is 0 Å². The van der Waals surface area contributed by atoms with Crippen molar-refractivity contribution in [1.82, 2.24) is 9.80 Å². The van der Waals surface area contributed by atoms with E-state index in [-0.39, 0.29) is 12.1 Å². The predicted molar refractivity (Wildman–Crippen MR) is 102 cm³/mol. The Kier molecular flexibility index (Phi) is 5.95. The van der Waals surface area contributed by atoms with Crippen molar-refractivity contribution >= 4 is 35.4 Å². The number of esters is 1. The summed E-state index contributed by atoms with van der Waals surface area (Å²) in [7, 11) is 0. The number of carbonyl (C=O) groups is 5. The van der Waals surface area contributed by atoms with Gasteiger partial charge in [-0.2, -0.15) is 0 Å². The molecule has 2 aliphatic rings. The van der Waals surface area contributed by atoms with Gasteiger partial charge in [-0.3, -0.25) is 19.3 Å². The SMILES string of the molecule is CC(C)OC(=O)c1ccc(NC(=O)CN2C(=O)C(=O)N(C3CCCC3)C2=O)cc1. The molecule has 9 nitrogen and oxygen atoms in total.